The van der Waals surface area contributed by atoms with Crippen LogP contribution in [0.3, 0.4) is 0 Å². The first kappa shape index (κ1) is 47.9. The summed E-state index contributed by atoms with van der Waals surface area (Å²) in [6, 6.07) is 23.6. The lowest BCUT2D eigenvalue weighted by atomic mass is 9.93. The number of carbonyl (C=O) groups excluding carboxylic acids is 4. The van der Waals surface area contributed by atoms with Gasteiger partial charge >= 0.3 is 11.9 Å². The van der Waals surface area contributed by atoms with Crippen LogP contribution in [0.1, 0.15) is 108 Å². The smallest absolute Gasteiger partial charge is 0.331 e. The van der Waals surface area contributed by atoms with Crippen LogP contribution in [0.5, 0.6) is 11.5 Å². The molecule has 2 unspecified atom stereocenters. The maximum absolute atomic E-state index is 13.6. The monoisotopic (exact) mass is 870 g/mol. The van der Waals surface area contributed by atoms with Gasteiger partial charge in [0.15, 0.2) is 11.6 Å². The number of piperidine rings is 2. The van der Waals surface area contributed by atoms with Crippen molar-refractivity contribution in [2.24, 2.45) is 0 Å². The maximum Gasteiger partial charge on any atom is 0.331 e. The Hall–Kier alpha value is -5.58. The van der Waals surface area contributed by atoms with Crippen LogP contribution in [-0.4, -0.2) is 98.0 Å². The topological polar surface area (TPSA) is 112 Å². The number of Topliss-reactive ketones (excluding diaryl/α,β-unsaturated/α-hetero) is 2. The third kappa shape index (κ3) is 13.7. The van der Waals surface area contributed by atoms with Crippen LogP contribution in [0, 0.1) is 27.7 Å². The second-order valence-electron chi connectivity index (χ2n) is 17.6. The van der Waals surface area contributed by atoms with E-state index >= 15 is 0 Å². The van der Waals surface area contributed by atoms with Gasteiger partial charge in [0.1, 0.15) is 36.9 Å². The molecular weight excluding hydrogens is 805 g/mol. The summed E-state index contributed by atoms with van der Waals surface area (Å²) in [6.45, 7) is 18.4. The van der Waals surface area contributed by atoms with Crippen molar-refractivity contribution >= 4 is 23.5 Å². The normalized spacial score (nSPS) is 15.7. The van der Waals surface area contributed by atoms with Crippen LogP contribution in [0.4, 0.5) is 0 Å². The van der Waals surface area contributed by atoms with Crippen molar-refractivity contribution in [3.63, 3.8) is 0 Å². The van der Waals surface area contributed by atoms with Gasteiger partial charge in [0.25, 0.3) is 0 Å². The Balaban J connectivity index is 1.02. The number of rotatable bonds is 20. The number of esters is 2. The third-order valence-corrected chi connectivity index (χ3v) is 12.1. The van der Waals surface area contributed by atoms with Crippen molar-refractivity contribution in [3.05, 3.63) is 118 Å². The first-order chi connectivity index (χ1) is 30.8. The fourth-order valence-corrected chi connectivity index (χ4v) is 8.65. The number of ether oxygens (including phenoxy) is 4. The molecule has 2 saturated heterocycles. The minimum Gasteiger partial charge on any atom is -0.491 e. The highest BCUT2D eigenvalue weighted by Gasteiger charge is 2.22. The molecule has 340 valence electrons. The molecule has 2 aliphatic heterocycles. The summed E-state index contributed by atoms with van der Waals surface area (Å²) in [6.07, 6.45) is 7.74. The third-order valence-electron chi connectivity index (χ3n) is 12.1. The molecule has 2 fully saturated rings. The second-order valence-corrected chi connectivity index (χ2v) is 17.6. The number of benzene rings is 4. The SMILES string of the molecule is Cc1ccc(-c2cc(C(=O)CC(C)OC(=O)/C=C/C(=O)OC(C)CC(=O)c3cc(C)c(OCCN4CCCCC4)c(-c4ccccc4C)c3)cc(C)c2OCCN2CCCCC2)cc1. The van der Waals surface area contributed by atoms with Crippen LogP contribution in [0.2, 0.25) is 0 Å². The summed E-state index contributed by atoms with van der Waals surface area (Å²) in [5, 5.41) is 0. The molecule has 0 aromatic heterocycles. The summed E-state index contributed by atoms with van der Waals surface area (Å²) in [7, 11) is 0. The first-order valence-electron chi connectivity index (χ1n) is 23.1. The summed E-state index contributed by atoms with van der Waals surface area (Å²) in [4.78, 5) is 57.7. The van der Waals surface area contributed by atoms with E-state index in [2.05, 4.69) is 9.80 Å². The standard InChI is InChI=1S/C54H66N2O8/c1-37-17-19-43(20-18-37)47-35-44(31-39(3)53(47)61-29-27-55-23-11-7-12-24-55)49(57)33-41(5)63-51(59)21-22-52(60)64-42(6)34-50(58)45-32-40(4)54(62-30-28-56-25-13-8-14-26-56)48(36-45)46-16-10-9-15-38(46)2/h9-10,15-22,31-32,35-36,41-42H,7-8,11-14,23-30,33-34H2,1-6H3/b22-21+. The molecule has 0 aliphatic carbocycles. The van der Waals surface area contributed by atoms with Crippen molar-refractivity contribution in [1.82, 2.24) is 9.80 Å². The number of hydrogen-bond acceptors (Lipinski definition) is 10. The molecule has 10 heteroatoms. The summed E-state index contributed by atoms with van der Waals surface area (Å²) >= 11 is 0. The van der Waals surface area contributed by atoms with Gasteiger partial charge in [0.05, 0.1) is 0 Å². The number of nitrogens with zero attached hydrogens (tertiary/aromatic N) is 2. The number of likely N-dealkylation sites (tertiary alicyclic amines) is 2. The van der Waals surface area contributed by atoms with Gasteiger partial charge in [-0.3, -0.25) is 19.4 Å². The largest absolute Gasteiger partial charge is 0.491 e. The highest BCUT2D eigenvalue weighted by molar-refractivity contribution is 6.00. The van der Waals surface area contributed by atoms with E-state index < -0.39 is 24.1 Å². The van der Waals surface area contributed by atoms with E-state index in [1.807, 2.05) is 100 Å². The Morgan fingerprint density at radius 1 is 0.547 bits per heavy atom. The van der Waals surface area contributed by atoms with E-state index in [4.69, 9.17) is 18.9 Å². The number of hydrogen-bond donors (Lipinski definition) is 0. The van der Waals surface area contributed by atoms with Gasteiger partial charge in [-0.1, -0.05) is 66.9 Å². The molecule has 6 rings (SSSR count). The number of ketones is 2. The summed E-state index contributed by atoms with van der Waals surface area (Å²) in [5.41, 5.74) is 8.53. The Bertz CT molecular complexity index is 2270. The highest BCUT2D eigenvalue weighted by atomic mass is 16.5. The van der Waals surface area contributed by atoms with Crippen LogP contribution in [0.15, 0.2) is 84.9 Å². The molecule has 0 amide bonds. The fraction of sp³-hybridized carbons (Fsp3) is 0.444. The molecule has 0 N–H and O–H groups in total. The molecule has 4 aromatic carbocycles. The minimum atomic E-state index is -0.785. The molecule has 0 spiro atoms. The Kier molecular flexibility index (Phi) is 17.5. The zero-order valence-electron chi connectivity index (χ0n) is 38.7. The van der Waals surface area contributed by atoms with Crippen LogP contribution < -0.4 is 9.47 Å². The van der Waals surface area contributed by atoms with E-state index in [0.717, 1.165) is 107 Å². The maximum atomic E-state index is 13.6. The van der Waals surface area contributed by atoms with Gasteiger partial charge < -0.3 is 18.9 Å². The second kappa shape index (κ2) is 23.4. The predicted molar refractivity (Wildman–Crippen MR) is 252 cm³/mol. The Morgan fingerprint density at radius 2 is 1.00 bits per heavy atom. The summed E-state index contributed by atoms with van der Waals surface area (Å²) in [5.74, 6) is -0.419. The fourth-order valence-electron chi connectivity index (χ4n) is 8.65. The van der Waals surface area contributed by atoms with Gasteiger partial charge in [0, 0.05) is 60.3 Å². The molecule has 10 nitrogen and oxygen atoms in total. The Labute approximate surface area is 379 Å². The lowest BCUT2D eigenvalue weighted by Gasteiger charge is -2.26. The van der Waals surface area contributed by atoms with Crippen LogP contribution in [0.25, 0.3) is 22.3 Å². The van der Waals surface area contributed by atoms with Gasteiger partial charge in [-0.15, -0.1) is 0 Å². The van der Waals surface area contributed by atoms with Gasteiger partial charge in [-0.05, 0) is 145 Å². The lowest BCUT2D eigenvalue weighted by molar-refractivity contribution is -0.144. The molecule has 2 aliphatic rings. The molecule has 0 saturated carbocycles. The zero-order chi connectivity index (χ0) is 45.6. The minimum absolute atomic E-state index is 0.0537. The van der Waals surface area contributed by atoms with E-state index in [-0.39, 0.29) is 24.4 Å². The zero-order valence-corrected chi connectivity index (χ0v) is 38.7. The number of carbonyl (C=O) groups is 4. The van der Waals surface area contributed by atoms with Crippen LogP contribution >= 0.6 is 0 Å². The quantitative estimate of drug-likeness (QED) is 0.0483. The predicted octanol–water partition coefficient (Wildman–Crippen LogP) is 10.2. The van der Waals surface area contributed by atoms with E-state index in [1.165, 1.54) is 38.5 Å². The van der Waals surface area contributed by atoms with E-state index in [1.54, 1.807) is 13.8 Å². The molecule has 2 heterocycles. The molecule has 4 aromatic rings. The average molecular weight is 871 g/mol. The van der Waals surface area contributed by atoms with Gasteiger partial charge in [-0.2, -0.15) is 0 Å². The molecule has 2 atom stereocenters. The van der Waals surface area contributed by atoms with Crippen molar-refractivity contribution in [1.29, 1.82) is 0 Å². The van der Waals surface area contributed by atoms with Crippen LogP contribution in [-0.2, 0) is 19.1 Å². The summed E-state index contributed by atoms with van der Waals surface area (Å²) < 4.78 is 23.8. The highest BCUT2D eigenvalue weighted by Crippen LogP contribution is 2.38. The van der Waals surface area contributed by atoms with Crippen molar-refractivity contribution < 1.29 is 38.1 Å². The molecule has 0 radical (unpaired) electrons. The van der Waals surface area contributed by atoms with Crippen molar-refractivity contribution in [3.8, 4) is 33.8 Å². The van der Waals surface area contributed by atoms with Crippen molar-refractivity contribution in [2.45, 2.75) is 105 Å². The van der Waals surface area contributed by atoms with E-state index in [0.29, 0.717) is 24.3 Å². The average Bonchev–Trinajstić information content (AvgIpc) is 3.27. The number of aryl methyl sites for hydroxylation is 4. The van der Waals surface area contributed by atoms with Gasteiger partial charge in [0.2, 0.25) is 0 Å². The molecule has 64 heavy (non-hydrogen) atoms. The van der Waals surface area contributed by atoms with Crippen molar-refractivity contribution in [2.75, 3.05) is 52.5 Å². The van der Waals surface area contributed by atoms with E-state index in [9.17, 15) is 19.2 Å². The molecule has 0 bridgehead atoms. The molecular formula is C54H66N2O8. The van der Waals surface area contributed by atoms with Gasteiger partial charge in [-0.25, -0.2) is 9.59 Å². The lowest BCUT2D eigenvalue weighted by Crippen LogP contribution is -2.33. The Morgan fingerprint density at radius 3 is 1.48 bits per heavy atom. The first-order valence-corrected chi connectivity index (χ1v) is 23.1.